The Morgan fingerprint density at radius 1 is 1.21 bits per heavy atom. The summed E-state index contributed by atoms with van der Waals surface area (Å²) in [5.74, 6) is 0.259. The summed E-state index contributed by atoms with van der Waals surface area (Å²) in [6, 6.07) is 12.7. The number of nitriles is 1. The first-order valence-electron chi connectivity index (χ1n) is 13.4. The molecule has 2 N–H and O–H groups in total. The molecule has 3 heterocycles. The van der Waals surface area contributed by atoms with Crippen molar-refractivity contribution in [2.24, 2.45) is 0 Å². The Hall–Kier alpha value is -4.37. The number of aromatic nitrogens is 3. The third-order valence-electron chi connectivity index (χ3n) is 6.31. The molecule has 0 aliphatic rings. The van der Waals surface area contributed by atoms with Gasteiger partial charge in [-0.1, -0.05) is 6.08 Å². The van der Waals surface area contributed by atoms with E-state index in [9.17, 15) is 19.5 Å². The molecule has 0 bridgehead atoms. The van der Waals surface area contributed by atoms with E-state index in [1.165, 1.54) is 12.3 Å². The number of ether oxygens (including phenoxy) is 1. The minimum atomic E-state index is -4.32. The molecular weight excluding hydrogens is 571 g/mol. The Kier molecular flexibility index (Phi) is 10.1. The molecule has 0 saturated carbocycles. The number of anilines is 1. The second kappa shape index (κ2) is 13.7. The second-order valence-electron chi connectivity index (χ2n) is 9.78. The van der Waals surface area contributed by atoms with Crippen LogP contribution in [0.2, 0.25) is 0 Å². The molecule has 13 heteroatoms. The largest absolute Gasteiger partial charge is 0.497 e. The molecule has 0 aliphatic heterocycles. The summed E-state index contributed by atoms with van der Waals surface area (Å²) in [6.07, 6.45) is 7.26. The highest BCUT2D eigenvalue weighted by atomic mass is 31.2. The number of hydrogen-bond acceptors (Lipinski definition) is 9. The molecule has 2 atom stereocenters. The Bertz CT molecular complexity index is 1740. The van der Waals surface area contributed by atoms with Crippen LogP contribution in [0, 0.1) is 11.3 Å². The number of phosphoric ester groups is 1. The molecule has 43 heavy (non-hydrogen) atoms. The molecule has 0 aliphatic carbocycles. The topological polar surface area (TPSA) is 152 Å². The van der Waals surface area contributed by atoms with E-state index in [0.717, 1.165) is 5.56 Å². The van der Waals surface area contributed by atoms with Gasteiger partial charge in [0.05, 0.1) is 13.7 Å². The first-order chi connectivity index (χ1) is 20.5. The van der Waals surface area contributed by atoms with Crippen LogP contribution in [0.5, 0.6) is 5.75 Å². The van der Waals surface area contributed by atoms with Crippen molar-refractivity contribution in [3.63, 3.8) is 0 Å². The van der Waals surface area contributed by atoms with E-state index in [1.54, 1.807) is 62.2 Å². The molecule has 2 unspecified atom stereocenters. The number of phosphoric acid groups is 1. The lowest BCUT2D eigenvalue weighted by Gasteiger charge is -2.18. The highest BCUT2D eigenvalue weighted by Gasteiger charge is 2.26. The number of nitrogens with zero attached hydrogens (tertiary/aromatic N) is 5. The standard InChI is InChI=1S/C30H33N6O6P/c1-6-41-43(38,39)42-20(2)36-19-28(21-9-10-32-25(12-21)17-31)27-15-23(18-33-30(27)36)22-13-24(16-26(14-22)40-5)34-29(37)8-7-11-35(3)4/h7-10,12-16,18-20H,6,11H2,1-5H3,(H,34,37)(H,38,39)/b8-7+. The van der Waals surface area contributed by atoms with Crippen LogP contribution in [0.3, 0.4) is 0 Å². The smallest absolute Gasteiger partial charge is 0.474 e. The Morgan fingerprint density at radius 3 is 2.70 bits per heavy atom. The molecule has 0 saturated heterocycles. The van der Waals surface area contributed by atoms with Gasteiger partial charge in [-0.15, -0.1) is 0 Å². The molecule has 1 aromatic carbocycles. The fraction of sp³-hybridized carbons (Fsp3) is 0.267. The van der Waals surface area contributed by atoms with Gasteiger partial charge in [0.2, 0.25) is 5.91 Å². The number of likely N-dealkylation sites (N-methyl/N-ethyl adjacent to an activating group) is 1. The molecule has 12 nitrogen and oxygen atoms in total. The van der Waals surface area contributed by atoms with E-state index in [-0.39, 0.29) is 18.2 Å². The van der Waals surface area contributed by atoms with E-state index in [0.29, 0.717) is 45.7 Å². The minimum Gasteiger partial charge on any atom is -0.497 e. The lowest BCUT2D eigenvalue weighted by atomic mass is 10.0. The summed E-state index contributed by atoms with van der Waals surface area (Å²) in [4.78, 5) is 33.3. The van der Waals surface area contributed by atoms with Crippen molar-refractivity contribution in [2.75, 3.05) is 39.7 Å². The molecule has 1 amide bonds. The maximum Gasteiger partial charge on any atom is 0.474 e. The fourth-order valence-corrected chi connectivity index (χ4v) is 5.28. The van der Waals surface area contributed by atoms with Crippen LogP contribution in [0.4, 0.5) is 5.69 Å². The van der Waals surface area contributed by atoms with Gasteiger partial charge < -0.3 is 24.4 Å². The van der Waals surface area contributed by atoms with Crippen LogP contribution < -0.4 is 10.1 Å². The average Bonchev–Trinajstić information content (AvgIpc) is 3.35. The van der Waals surface area contributed by atoms with Crippen molar-refractivity contribution in [3.05, 3.63) is 72.8 Å². The molecular formula is C30H33N6O6P. The molecule has 0 fully saturated rings. The van der Waals surface area contributed by atoms with Gasteiger partial charge in [-0.05, 0) is 69.4 Å². The number of methoxy groups -OCH3 is 1. The Labute approximate surface area is 249 Å². The number of benzene rings is 1. The number of hydrogen-bond donors (Lipinski definition) is 2. The predicted octanol–water partition coefficient (Wildman–Crippen LogP) is 5.37. The summed E-state index contributed by atoms with van der Waals surface area (Å²) < 4.78 is 29.8. The number of carbonyl (C=O) groups excluding carboxylic acids is 1. The van der Waals surface area contributed by atoms with E-state index in [4.69, 9.17) is 18.8 Å². The maximum atomic E-state index is 12.5. The van der Waals surface area contributed by atoms with Crippen LogP contribution in [-0.2, 0) is 18.4 Å². The van der Waals surface area contributed by atoms with E-state index in [1.807, 2.05) is 43.3 Å². The van der Waals surface area contributed by atoms with Crippen LogP contribution >= 0.6 is 7.82 Å². The minimum absolute atomic E-state index is 0.00306. The number of amides is 1. The number of fused-ring (bicyclic) bond motifs is 1. The third-order valence-corrected chi connectivity index (χ3v) is 7.46. The van der Waals surface area contributed by atoms with Crippen LogP contribution in [-0.4, -0.2) is 64.6 Å². The average molecular weight is 605 g/mol. The summed E-state index contributed by atoms with van der Waals surface area (Å²) in [5.41, 5.74) is 4.08. The van der Waals surface area contributed by atoms with E-state index < -0.39 is 14.1 Å². The fourth-order valence-electron chi connectivity index (χ4n) is 4.40. The SMILES string of the molecule is CCOP(=O)(O)OC(C)n1cc(-c2ccnc(C#N)c2)c2cc(-c3cc(NC(=O)/C=C/CN(C)C)cc(OC)c3)cnc21. The van der Waals surface area contributed by atoms with Crippen LogP contribution in [0.15, 0.2) is 67.1 Å². The third kappa shape index (κ3) is 7.93. The summed E-state index contributed by atoms with van der Waals surface area (Å²) in [7, 11) is 1.05. The van der Waals surface area contributed by atoms with Crippen molar-refractivity contribution in [3.8, 4) is 34.1 Å². The van der Waals surface area contributed by atoms with E-state index >= 15 is 0 Å². The number of carbonyl (C=O) groups is 1. The molecule has 3 aromatic heterocycles. The zero-order valence-electron chi connectivity index (χ0n) is 24.5. The van der Waals surface area contributed by atoms with E-state index in [2.05, 4.69) is 10.3 Å². The first kappa shape index (κ1) is 31.6. The van der Waals surface area contributed by atoms with Gasteiger partial charge >= 0.3 is 7.82 Å². The summed E-state index contributed by atoms with van der Waals surface area (Å²) >= 11 is 0. The highest BCUT2D eigenvalue weighted by Crippen LogP contribution is 2.47. The predicted molar refractivity (Wildman–Crippen MR) is 163 cm³/mol. The lowest BCUT2D eigenvalue weighted by Crippen LogP contribution is -2.13. The van der Waals surface area contributed by atoms with Gasteiger partial charge in [-0.2, -0.15) is 5.26 Å². The van der Waals surface area contributed by atoms with Gasteiger partial charge in [-0.3, -0.25) is 13.8 Å². The zero-order valence-corrected chi connectivity index (χ0v) is 25.4. The second-order valence-corrected chi connectivity index (χ2v) is 11.2. The lowest BCUT2D eigenvalue weighted by molar-refractivity contribution is -0.111. The Balaban J connectivity index is 1.80. The van der Waals surface area contributed by atoms with Gasteiger partial charge in [0.1, 0.15) is 29.4 Å². The van der Waals surface area contributed by atoms with Crippen molar-refractivity contribution in [2.45, 2.75) is 20.1 Å². The maximum absolute atomic E-state index is 12.5. The molecule has 0 spiro atoms. The summed E-state index contributed by atoms with van der Waals surface area (Å²) in [6.45, 7) is 3.83. The quantitative estimate of drug-likeness (QED) is 0.159. The van der Waals surface area contributed by atoms with Crippen molar-refractivity contribution < 1.29 is 28.0 Å². The Morgan fingerprint density at radius 2 is 2.00 bits per heavy atom. The van der Waals surface area contributed by atoms with Crippen molar-refractivity contribution in [1.82, 2.24) is 19.4 Å². The molecule has 4 aromatic rings. The van der Waals surface area contributed by atoms with Crippen molar-refractivity contribution in [1.29, 1.82) is 5.26 Å². The number of rotatable bonds is 12. The van der Waals surface area contributed by atoms with Crippen LogP contribution in [0.1, 0.15) is 25.8 Å². The number of nitrogens with one attached hydrogen (secondary N) is 1. The van der Waals surface area contributed by atoms with Gasteiger partial charge in [-0.25, -0.2) is 14.5 Å². The highest BCUT2D eigenvalue weighted by molar-refractivity contribution is 7.47. The van der Waals surface area contributed by atoms with Gasteiger partial charge in [0, 0.05) is 59.5 Å². The van der Waals surface area contributed by atoms with Crippen LogP contribution in [0.25, 0.3) is 33.3 Å². The summed E-state index contributed by atoms with van der Waals surface area (Å²) in [5, 5.41) is 13.0. The molecule has 224 valence electrons. The monoisotopic (exact) mass is 604 g/mol. The van der Waals surface area contributed by atoms with Gasteiger partial charge in [0.15, 0.2) is 0 Å². The zero-order chi connectivity index (χ0) is 31.1. The normalized spacial score (nSPS) is 13.6. The number of pyridine rings is 2. The van der Waals surface area contributed by atoms with Crippen molar-refractivity contribution >= 4 is 30.5 Å². The molecule has 4 rings (SSSR count). The first-order valence-corrected chi connectivity index (χ1v) is 14.9. The molecule has 0 radical (unpaired) electrons. The van der Waals surface area contributed by atoms with Gasteiger partial charge in [0.25, 0.3) is 0 Å².